The van der Waals surface area contributed by atoms with E-state index in [1.54, 1.807) is 18.2 Å². The number of amides is 1. The minimum absolute atomic E-state index is 0.00868. The van der Waals surface area contributed by atoms with Crippen molar-refractivity contribution >= 4 is 28.6 Å². The van der Waals surface area contributed by atoms with E-state index >= 15 is 0 Å². The van der Waals surface area contributed by atoms with Gasteiger partial charge in [-0.1, -0.05) is 6.07 Å². The Morgan fingerprint density at radius 1 is 1.11 bits per heavy atom. The summed E-state index contributed by atoms with van der Waals surface area (Å²) in [5.74, 6) is 0.574. The summed E-state index contributed by atoms with van der Waals surface area (Å²) in [6.45, 7) is 6.59. The second kappa shape index (κ2) is 8.27. The minimum Gasteiger partial charge on any atom is -0.408 e. The summed E-state index contributed by atoms with van der Waals surface area (Å²) in [5, 5.41) is 3.36. The SMILES string of the molecule is Cc1cc(C)cc(Nc2ncc3c(n2)CN(C2CC4CC2CN4C(=O)c2ccc4[nH]c(=O)oc4c2)C3)c1. The predicted molar refractivity (Wildman–Crippen MR) is 139 cm³/mol. The number of hydrogen-bond acceptors (Lipinski definition) is 7. The number of likely N-dealkylation sites (tertiary alicyclic amines) is 1. The fraction of sp³-hybridized carbons (Fsp3) is 0.357. The molecule has 1 saturated carbocycles. The first-order chi connectivity index (χ1) is 17.9. The molecule has 2 fully saturated rings. The monoisotopic (exact) mass is 496 g/mol. The Balaban J connectivity index is 1.02. The zero-order valence-electron chi connectivity index (χ0n) is 20.8. The molecule has 4 heterocycles. The molecule has 3 aliphatic rings. The van der Waals surface area contributed by atoms with Crippen molar-refractivity contribution in [1.82, 2.24) is 24.8 Å². The molecule has 7 rings (SSSR count). The lowest BCUT2D eigenvalue weighted by molar-refractivity contribution is 0.0592. The molecular formula is C28H28N6O3. The molecule has 1 amide bonds. The van der Waals surface area contributed by atoms with Crippen LogP contribution in [0.2, 0.25) is 0 Å². The molecule has 188 valence electrons. The topological polar surface area (TPSA) is 107 Å². The summed E-state index contributed by atoms with van der Waals surface area (Å²) < 4.78 is 5.15. The largest absolute Gasteiger partial charge is 0.417 e. The first-order valence-corrected chi connectivity index (χ1v) is 12.8. The summed E-state index contributed by atoms with van der Waals surface area (Å²) in [5.41, 5.74) is 7.26. The predicted octanol–water partition coefficient (Wildman–Crippen LogP) is 3.89. The van der Waals surface area contributed by atoms with E-state index in [0.29, 0.717) is 34.6 Å². The number of carbonyl (C=O) groups is 1. The number of nitrogens with one attached hydrogen (secondary N) is 2. The molecule has 0 radical (unpaired) electrons. The number of fused-ring (bicyclic) bond motifs is 4. The number of oxazole rings is 1. The molecule has 2 aromatic carbocycles. The van der Waals surface area contributed by atoms with Crippen LogP contribution in [0.3, 0.4) is 0 Å². The highest BCUT2D eigenvalue weighted by Crippen LogP contribution is 2.43. The van der Waals surface area contributed by atoms with Crippen LogP contribution in [0.25, 0.3) is 11.1 Å². The molecule has 3 unspecified atom stereocenters. The number of aromatic amines is 1. The Kier molecular flexibility index (Phi) is 4.97. The average Bonchev–Trinajstić information content (AvgIpc) is 3.63. The lowest BCUT2D eigenvalue weighted by Crippen LogP contribution is -2.46. The van der Waals surface area contributed by atoms with Crippen LogP contribution in [0.1, 0.15) is 45.6 Å². The van der Waals surface area contributed by atoms with E-state index in [4.69, 9.17) is 9.40 Å². The second-order valence-corrected chi connectivity index (χ2v) is 10.7. The number of hydrogen-bond donors (Lipinski definition) is 2. The van der Waals surface area contributed by atoms with Crippen molar-refractivity contribution in [3.8, 4) is 0 Å². The van der Waals surface area contributed by atoms with Gasteiger partial charge in [0.05, 0.1) is 11.2 Å². The van der Waals surface area contributed by atoms with Gasteiger partial charge in [0.1, 0.15) is 0 Å². The molecule has 37 heavy (non-hydrogen) atoms. The lowest BCUT2D eigenvalue weighted by atomic mass is 10.0. The summed E-state index contributed by atoms with van der Waals surface area (Å²) in [4.78, 5) is 41.3. The molecule has 2 aliphatic heterocycles. The Labute approximate surface area is 213 Å². The first-order valence-electron chi connectivity index (χ1n) is 12.8. The smallest absolute Gasteiger partial charge is 0.408 e. The average molecular weight is 497 g/mol. The van der Waals surface area contributed by atoms with Crippen molar-refractivity contribution in [2.24, 2.45) is 5.92 Å². The first kappa shape index (κ1) is 22.2. The standard InChI is InChI=1S/C28H28N6O3/c1-15-5-16(2)7-20(6-15)30-27-29-11-19-12-33(14-23(19)31-27)24-10-21-8-18(24)13-34(21)26(35)17-3-4-22-25(9-17)37-28(36)32-22/h3-7,9,11,18,21,24H,8,10,12-14H2,1-2H3,(H,32,36)(H,29,30,31). The van der Waals surface area contributed by atoms with Crippen LogP contribution in [0.5, 0.6) is 0 Å². The van der Waals surface area contributed by atoms with Gasteiger partial charge in [-0.25, -0.2) is 14.8 Å². The molecule has 2 aromatic heterocycles. The maximum absolute atomic E-state index is 13.3. The normalized spacial score (nSPS) is 22.6. The lowest BCUT2D eigenvalue weighted by Gasteiger charge is -2.36. The van der Waals surface area contributed by atoms with Crippen LogP contribution in [0.15, 0.2) is 51.8 Å². The highest BCUT2D eigenvalue weighted by Gasteiger charge is 2.49. The third-order valence-electron chi connectivity index (χ3n) is 8.06. The van der Waals surface area contributed by atoms with Crippen molar-refractivity contribution in [3.05, 3.63) is 81.1 Å². The number of aryl methyl sites for hydroxylation is 2. The number of benzene rings is 2. The van der Waals surface area contributed by atoms with Crippen LogP contribution < -0.4 is 11.1 Å². The Bertz CT molecular complexity index is 1590. The number of nitrogens with zero attached hydrogens (tertiary/aromatic N) is 4. The van der Waals surface area contributed by atoms with E-state index in [2.05, 4.69) is 52.2 Å². The number of rotatable bonds is 4. The van der Waals surface area contributed by atoms with E-state index in [-0.39, 0.29) is 11.9 Å². The van der Waals surface area contributed by atoms with Crippen molar-refractivity contribution in [3.63, 3.8) is 0 Å². The zero-order valence-corrected chi connectivity index (χ0v) is 20.8. The maximum Gasteiger partial charge on any atom is 0.417 e. The van der Waals surface area contributed by atoms with Gasteiger partial charge < -0.3 is 14.6 Å². The highest BCUT2D eigenvalue weighted by molar-refractivity contribution is 5.97. The van der Waals surface area contributed by atoms with Gasteiger partial charge in [0, 0.05) is 54.7 Å². The third-order valence-corrected chi connectivity index (χ3v) is 8.06. The fourth-order valence-corrected chi connectivity index (χ4v) is 6.52. The Morgan fingerprint density at radius 3 is 2.73 bits per heavy atom. The molecule has 0 spiro atoms. The molecule has 3 atom stereocenters. The van der Waals surface area contributed by atoms with Crippen LogP contribution in [0, 0.1) is 19.8 Å². The quantitative estimate of drug-likeness (QED) is 0.441. The van der Waals surface area contributed by atoms with Crippen LogP contribution in [-0.2, 0) is 13.1 Å². The Hall–Kier alpha value is -3.98. The van der Waals surface area contributed by atoms with E-state index in [1.807, 2.05) is 11.1 Å². The molecule has 9 nitrogen and oxygen atoms in total. The molecular weight excluding hydrogens is 468 g/mol. The molecule has 4 aromatic rings. The molecule has 2 N–H and O–H groups in total. The summed E-state index contributed by atoms with van der Waals surface area (Å²) in [6.07, 6.45) is 3.94. The minimum atomic E-state index is -0.507. The van der Waals surface area contributed by atoms with Gasteiger partial charge in [-0.05, 0) is 74.1 Å². The fourth-order valence-electron chi connectivity index (χ4n) is 6.52. The molecule has 2 bridgehead atoms. The van der Waals surface area contributed by atoms with Crippen molar-refractivity contribution < 1.29 is 9.21 Å². The van der Waals surface area contributed by atoms with Gasteiger partial charge in [-0.15, -0.1) is 0 Å². The van der Waals surface area contributed by atoms with Gasteiger partial charge in [-0.2, -0.15) is 0 Å². The molecule has 9 heteroatoms. The highest BCUT2D eigenvalue weighted by atomic mass is 16.4. The van der Waals surface area contributed by atoms with E-state index in [0.717, 1.165) is 43.9 Å². The number of carbonyl (C=O) groups excluding carboxylic acids is 1. The number of H-pyrrole nitrogens is 1. The molecule has 1 saturated heterocycles. The van der Waals surface area contributed by atoms with E-state index in [9.17, 15) is 9.59 Å². The van der Waals surface area contributed by atoms with Crippen LogP contribution >= 0.6 is 0 Å². The van der Waals surface area contributed by atoms with E-state index < -0.39 is 5.76 Å². The Morgan fingerprint density at radius 2 is 1.95 bits per heavy atom. The second-order valence-electron chi connectivity index (χ2n) is 10.7. The van der Waals surface area contributed by atoms with Gasteiger partial charge in [-0.3, -0.25) is 14.7 Å². The van der Waals surface area contributed by atoms with Crippen molar-refractivity contribution in [2.75, 3.05) is 11.9 Å². The van der Waals surface area contributed by atoms with Gasteiger partial charge in [0.2, 0.25) is 5.95 Å². The summed E-state index contributed by atoms with van der Waals surface area (Å²) in [6, 6.07) is 12.2. The van der Waals surface area contributed by atoms with Crippen LogP contribution in [0.4, 0.5) is 11.6 Å². The summed E-state index contributed by atoms with van der Waals surface area (Å²) in [7, 11) is 0. The third kappa shape index (κ3) is 3.90. The van der Waals surface area contributed by atoms with Crippen molar-refractivity contribution in [1.29, 1.82) is 0 Å². The number of aromatic nitrogens is 3. The number of anilines is 2. The van der Waals surface area contributed by atoms with Gasteiger partial charge in [0.15, 0.2) is 5.58 Å². The zero-order chi connectivity index (χ0) is 25.3. The van der Waals surface area contributed by atoms with Gasteiger partial charge >= 0.3 is 5.76 Å². The molecule has 1 aliphatic carbocycles. The maximum atomic E-state index is 13.3. The van der Waals surface area contributed by atoms with Gasteiger partial charge in [0.25, 0.3) is 5.91 Å². The summed E-state index contributed by atoms with van der Waals surface area (Å²) >= 11 is 0. The van der Waals surface area contributed by atoms with Crippen LogP contribution in [-0.4, -0.2) is 49.3 Å². The van der Waals surface area contributed by atoms with Crippen molar-refractivity contribution in [2.45, 2.75) is 51.9 Å². The van der Waals surface area contributed by atoms with E-state index in [1.165, 1.54) is 16.7 Å². The number of piperidine rings is 1.